The number of hydrogen-bond donors (Lipinski definition) is 1. The van der Waals surface area contributed by atoms with Gasteiger partial charge in [-0.2, -0.15) is 0 Å². The van der Waals surface area contributed by atoms with Crippen LogP contribution in [0.1, 0.15) is 38.2 Å². The molecule has 0 unspecified atom stereocenters. The molecule has 0 spiro atoms. The number of aliphatic hydroxyl groups is 1. The molecular weight excluding hydrogens is 231 g/mol. The molecule has 1 fully saturated rings. The molecular formula is C15H19FO2. The number of hydrogen-bond acceptors (Lipinski definition) is 2. The highest BCUT2D eigenvalue weighted by molar-refractivity contribution is 5.89. The van der Waals surface area contributed by atoms with Gasteiger partial charge in [-0.25, -0.2) is 4.39 Å². The topological polar surface area (TPSA) is 37.3 Å². The normalized spacial score (nSPS) is 28.1. The summed E-state index contributed by atoms with van der Waals surface area (Å²) >= 11 is 0. The van der Waals surface area contributed by atoms with Crippen molar-refractivity contribution in [1.29, 1.82) is 0 Å². The Bertz CT molecular complexity index is 434. The minimum atomic E-state index is -1.24. The molecule has 0 aromatic heterocycles. The van der Waals surface area contributed by atoms with Gasteiger partial charge in [-0.3, -0.25) is 4.79 Å². The number of carbonyl (C=O) groups excluding carboxylic acids is 1. The largest absolute Gasteiger partial charge is 0.382 e. The lowest BCUT2D eigenvalue weighted by Gasteiger charge is -2.33. The van der Waals surface area contributed by atoms with E-state index in [1.807, 2.05) is 0 Å². The quantitative estimate of drug-likeness (QED) is 0.895. The van der Waals surface area contributed by atoms with Gasteiger partial charge >= 0.3 is 0 Å². The van der Waals surface area contributed by atoms with Crippen molar-refractivity contribution in [3.05, 3.63) is 35.6 Å². The number of halogens is 1. The SMILES string of the molecule is CC1CCC(O)(C(=O)Cc2ccccc2F)CC1. The van der Waals surface area contributed by atoms with E-state index in [2.05, 4.69) is 6.92 Å². The van der Waals surface area contributed by atoms with Gasteiger partial charge in [0.15, 0.2) is 5.78 Å². The molecule has 0 bridgehead atoms. The minimum absolute atomic E-state index is 0.0163. The monoisotopic (exact) mass is 250 g/mol. The Labute approximate surface area is 107 Å². The smallest absolute Gasteiger partial charge is 0.168 e. The molecule has 1 saturated carbocycles. The molecule has 0 radical (unpaired) electrons. The van der Waals surface area contributed by atoms with Crippen molar-refractivity contribution in [2.45, 2.75) is 44.6 Å². The molecule has 1 N–H and O–H groups in total. The molecule has 1 aliphatic carbocycles. The summed E-state index contributed by atoms with van der Waals surface area (Å²) in [5.41, 5.74) is -0.871. The molecule has 2 rings (SSSR count). The van der Waals surface area contributed by atoms with Crippen LogP contribution in [0, 0.1) is 11.7 Å². The van der Waals surface area contributed by atoms with Gasteiger partial charge < -0.3 is 5.11 Å². The Morgan fingerprint density at radius 2 is 2.00 bits per heavy atom. The van der Waals surface area contributed by atoms with Crippen LogP contribution in [0.5, 0.6) is 0 Å². The van der Waals surface area contributed by atoms with Gasteiger partial charge in [0.2, 0.25) is 0 Å². The molecule has 3 heteroatoms. The van der Waals surface area contributed by atoms with Crippen LogP contribution in [0.25, 0.3) is 0 Å². The lowest BCUT2D eigenvalue weighted by Crippen LogP contribution is -2.42. The zero-order valence-corrected chi connectivity index (χ0v) is 10.7. The third kappa shape index (κ3) is 2.78. The molecule has 0 amide bonds. The van der Waals surface area contributed by atoms with Crippen LogP contribution in [0.3, 0.4) is 0 Å². The average molecular weight is 250 g/mol. The average Bonchev–Trinajstić information content (AvgIpc) is 2.36. The lowest BCUT2D eigenvalue weighted by molar-refractivity contribution is -0.140. The van der Waals surface area contributed by atoms with E-state index in [1.165, 1.54) is 6.07 Å². The molecule has 0 saturated heterocycles. The maximum Gasteiger partial charge on any atom is 0.168 e. The van der Waals surface area contributed by atoms with Crippen LogP contribution < -0.4 is 0 Å². The molecule has 1 aliphatic rings. The summed E-state index contributed by atoms with van der Waals surface area (Å²) in [5, 5.41) is 10.3. The molecule has 2 nitrogen and oxygen atoms in total. The van der Waals surface area contributed by atoms with Gasteiger partial charge in [0, 0.05) is 6.42 Å². The van der Waals surface area contributed by atoms with Crippen molar-refractivity contribution in [1.82, 2.24) is 0 Å². The standard InChI is InChI=1S/C15H19FO2/c1-11-6-8-15(18,9-7-11)14(17)10-12-4-2-3-5-13(12)16/h2-5,11,18H,6-10H2,1H3. The van der Waals surface area contributed by atoms with Gasteiger partial charge in [0.05, 0.1) is 0 Å². The van der Waals surface area contributed by atoms with Gasteiger partial charge in [-0.05, 0) is 43.2 Å². The van der Waals surface area contributed by atoms with Crippen molar-refractivity contribution in [3.63, 3.8) is 0 Å². The minimum Gasteiger partial charge on any atom is -0.382 e. The molecule has 0 atom stereocenters. The fraction of sp³-hybridized carbons (Fsp3) is 0.533. The van der Waals surface area contributed by atoms with Crippen molar-refractivity contribution >= 4 is 5.78 Å². The van der Waals surface area contributed by atoms with Crippen LogP contribution in [0.2, 0.25) is 0 Å². The van der Waals surface area contributed by atoms with E-state index in [9.17, 15) is 14.3 Å². The third-order valence-electron chi connectivity index (χ3n) is 3.93. The summed E-state index contributed by atoms with van der Waals surface area (Å²) < 4.78 is 13.5. The summed E-state index contributed by atoms with van der Waals surface area (Å²) in [5.74, 6) is -0.0651. The number of benzene rings is 1. The summed E-state index contributed by atoms with van der Waals surface area (Å²) in [4.78, 5) is 12.1. The molecule has 18 heavy (non-hydrogen) atoms. The Hall–Kier alpha value is -1.22. The highest BCUT2D eigenvalue weighted by atomic mass is 19.1. The highest BCUT2D eigenvalue weighted by Gasteiger charge is 2.38. The Kier molecular flexibility index (Phi) is 3.81. The van der Waals surface area contributed by atoms with E-state index in [1.54, 1.807) is 18.2 Å². The first-order valence-electron chi connectivity index (χ1n) is 6.50. The van der Waals surface area contributed by atoms with Crippen LogP contribution in [-0.2, 0) is 11.2 Å². The van der Waals surface area contributed by atoms with Gasteiger partial charge in [0.1, 0.15) is 11.4 Å². The van der Waals surface area contributed by atoms with Crippen LogP contribution in [-0.4, -0.2) is 16.5 Å². The molecule has 1 aromatic carbocycles. The first-order valence-corrected chi connectivity index (χ1v) is 6.50. The first kappa shape index (κ1) is 13.2. The Morgan fingerprint density at radius 3 is 2.61 bits per heavy atom. The van der Waals surface area contributed by atoms with E-state index in [0.29, 0.717) is 24.3 Å². The van der Waals surface area contributed by atoms with Gasteiger partial charge in [-0.1, -0.05) is 25.1 Å². The van der Waals surface area contributed by atoms with Crippen molar-refractivity contribution in [3.8, 4) is 0 Å². The summed E-state index contributed by atoms with van der Waals surface area (Å²) in [6.45, 7) is 2.13. The van der Waals surface area contributed by atoms with Crippen molar-refractivity contribution in [2.75, 3.05) is 0 Å². The van der Waals surface area contributed by atoms with E-state index in [4.69, 9.17) is 0 Å². The number of rotatable bonds is 3. The Morgan fingerprint density at radius 1 is 1.39 bits per heavy atom. The number of carbonyl (C=O) groups is 1. The van der Waals surface area contributed by atoms with E-state index < -0.39 is 5.60 Å². The fourth-order valence-corrected chi connectivity index (χ4v) is 2.50. The first-order chi connectivity index (χ1) is 8.51. The van der Waals surface area contributed by atoms with Gasteiger partial charge in [0.25, 0.3) is 0 Å². The molecule has 98 valence electrons. The van der Waals surface area contributed by atoms with Crippen molar-refractivity contribution < 1.29 is 14.3 Å². The van der Waals surface area contributed by atoms with Gasteiger partial charge in [-0.15, -0.1) is 0 Å². The van der Waals surface area contributed by atoms with E-state index >= 15 is 0 Å². The van der Waals surface area contributed by atoms with Crippen LogP contribution in [0.4, 0.5) is 4.39 Å². The summed E-state index contributed by atoms with van der Waals surface area (Å²) in [7, 11) is 0. The van der Waals surface area contributed by atoms with Crippen LogP contribution >= 0.6 is 0 Å². The number of ketones is 1. The van der Waals surface area contributed by atoms with E-state index in [0.717, 1.165) is 12.8 Å². The summed E-state index contributed by atoms with van der Waals surface area (Å²) in [6, 6.07) is 6.25. The maximum absolute atomic E-state index is 13.5. The Balaban J connectivity index is 2.06. The third-order valence-corrected chi connectivity index (χ3v) is 3.93. The maximum atomic E-state index is 13.5. The van der Waals surface area contributed by atoms with Crippen LogP contribution in [0.15, 0.2) is 24.3 Å². The predicted octanol–water partition coefficient (Wildman–Crippen LogP) is 2.88. The molecule has 0 aliphatic heterocycles. The predicted molar refractivity (Wildman–Crippen MR) is 67.7 cm³/mol. The highest BCUT2D eigenvalue weighted by Crippen LogP contribution is 2.33. The second kappa shape index (κ2) is 5.19. The lowest BCUT2D eigenvalue weighted by atomic mass is 9.76. The zero-order chi connectivity index (χ0) is 13.2. The molecule has 1 aromatic rings. The second-order valence-electron chi connectivity index (χ2n) is 5.41. The summed E-state index contributed by atoms with van der Waals surface area (Å²) in [6.07, 6.45) is 2.71. The molecule has 0 heterocycles. The number of Topliss-reactive ketones (excluding diaryl/α,β-unsaturated/α-hetero) is 1. The van der Waals surface area contributed by atoms with Crippen molar-refractivity contribution in [2.24, 2.45) is 5.92 Å². The zero-order valence-electron chi connectivity index (χ0n) is 10.7. The fourth-order valence-electron chi connectivity index (χ4n) is 2.50. The van der Waals surface area contributed by atoms with E-state index in [-0.39, 0.29) is 18.0 Å². The second-order valence-corrected chi connectivity index (χ2v) is 5.41.